The minimum absolute atomic E-state index is 0.0390. The van der Waals surface area contributed by atoms with E-state index in [2.05, 4.69) is 31.1 Å². The monoisotopic (exact) mass is 212 g/mol. The molecule has 0 unspecified atom stereocenters. The minimum Gasteiger partial charge on any atom is -0.302 e. The molecule has 0 spiro atoms. The molecule has 1 aromatic heterocycles. The zero-order valence-electron chi connectivity index (χ0n) is 9.26. The topological polar surface area (TPSA) is 42.0 Å². The summed E-state index contributed by atoms with van der Waals surface area (Å²) in [6, 6.07) is 0. The van der Waals surface area contributed by atoms with Crippen molar-refractivity contribution in [1.82, 2.24) is 4.98 Å². The van der Waals surface area contributed by atoms with E-state index in [1.165, 1.54) is 23.1 Å². The largest absolute Gasteiger partial charge is 0.302 e. The van der Waals surface area contributed by atoms with Gasteiger partial charge in [-0.2, -0.15) is 0 Å². The Hall–Kier alpha value is -0.900. The van der Waals surface area contributed by atoms with E-state index in [1.807, 2.05) is 6.92 Å². The van der Waals surface area contributed by atoms with Crippen molar-refractivity contribution < 1.29 is 4.79 Å². The fourth-order valence-electron chi connectivity index (χ4n) is 1.30. The Morgan fingerprint density at radius 1 is 1.43 bits per heavy atom. The van der Waals surface area contributed by atoms with Gasteiger partial charge in [-0.05, 0) is 6.92 Å². The van der Waals surface area contributed by atoms with E-state index < -0.39 is 0 Å². The summed E-state index contributed by atoms with van der Waals surface area (Å²) in [5, 5.41) is 3.40. The van der Waals surface area contributed by atoms with Gasteiger partial charge in [0.1, 0.15) is 0 Å². The molecule has 0 atom stereocenters. The van der Waals surface area contributed by atoms with Crippen molar-refractivity contribution in [1.29, 1.82) is 0 Å². The van der Waals surface area contributed by atoms with Gasteiger partial charge in [0, 0.05) is 17.2 Å². The number of carbonyl (C=O) groups is 1. The maximum atomic E-state index is 10.8. The van der Waals surface area contributed by atoms with Crippen LogP contribution in [0, 0.1) is 6.92 Å². The molecule has 1 rings (SSSR count). The van der Waals surface area contributed by atoms with Crippen LogP contribution in [0.3, 0.4) is 0 Å². The van der Waals surface area contributed by atoms with Crippen molar-refractivity contribution in [2.45, 2.75) is 40.0 Å². The van der Waals surface area contributed by atoms with Gasteiger partial charge in [-0.1, -0.05) is 20.8 Å². The molecule has 1 amide bonds. The van der Waals surface area contributed by atoms with Gasteiger partial charge in [0.15, 0.2) is 5.13 Å². The van der Waals surface area contributed by atoms with Gasteiger partial charge in [0.05, 0.1) is 5.69 Å². The molecule has 0 aliphatic carbocycles. The maximum absolute atomic E-state index is 10.8. The van der Waals surface area contributed by atoms with Crippen molar-refractivity contribution >= 4 is 22.4 Å². The van der Waals surface area contributed by atoms with Crippen molar-refractivity contribution in [2.24, 2.45) is 0 Å². The summed E-state index contributed by atoms with van der Waals surface area (Å²) in [6.45, 7) is 9.88. The third-order valence-corrected chi connectivity index (χ3v) is 2.68. The number of anilines is 1. The second-order valence-electron chi connectivity index (χ2n) is 4.35. The van der Waals surface area contributed by atoms with Crippen molar-refractivity contribution in [2.75, 3.05) is 5.32 Å². The Balaban J connectivity index is 2.99. The first kappa shape index (κ1) is 11.2. The van der Waals surface area contributed by atoms with Crippen LogP contribution in [0.15, 0.2) is 0 Å². The molecule has 14 heavy (non-hydrogen) atoms. The second-order valence-corrected chi connectivity index (χ2v) is 5.56. The zero-order valence-corrected chi connectivity index (χ0v) is 10.1. The molecule has 1 N–H and O–H groups in total. The Kier molecular flexibility index (Phi) is 2.95. The van der Waals surface area contributed by atoms with Gasteiger partial charge in [0.25, 0.3) is 0 Å². The number of aryl methyl sites for hydroxylation is 1. The number of nitrogens with zero attached hydrogens (tertiary/aromatic N) is 1. The molecule has 0 radical (unpaired) electrons. The molecular formula is C10H16N2OS. The average Bonchev–Trinajstić information content (AvgIpc) is 2.27. The van der Waals surface area contributed by atoms with E-state index in [0.29, 0.717) is 5.13 Å². The van der Waals surface area contributed by atoms with Crippen LogP contribution in [0.1, 0.15) is 38.3 Å². The smallest absolute Gasteiger partial charge is 0.223 e. The molecule has 3 nitrogen and oxygen atoms in total. The molecule has 0 aliphatic rings. The third kappa shape index (κ3) is 2.54. The Labute approximate surface area is 88.6 Å². The Bertz CT molecular complexity index is 349. The standard InChI is InChI=1S/C10H16N2OS/c1-6-8(10(3,4)5)12-9(14-6)11-7(2)13/h1-5H3,(H,11,12,13). The summed E-state index contributed by atoms with van der Waals surface area (Å²) in [7, 11) is 0. The van der Waals surface area contributed by atoms with E-state index >= 15 is 0 Å². The first-order valence-electron chi connectivity index (χ1n) is 4.56. The normalized spacial score (nSPS) is 11.5. The van der Waals surface area contributed by atoms with E-state index in [4.69, 9.17) is 0 Å². The number of amides is 1. The number of aromatic nitrogens is 1. The van der Waals surface area contributed by atoms with E-state index in [9.17, 15) is 4.79 Å². The van der Waals surface area contributed by atoms with Crippen LogP contribution in [0.4, 0.5) is 5.13 Å². The first-order chi connectivity index (χ1) is 6.30. The number of hydrogen-bond acceptors (Lipinski definition) is 3. The van der Waals surface area contributed by atoms with Crippen LogP contribution >= 0.6 is 11.3 Å². The van der Waals surface area contributed by atoms with Crippen LogP contribution < -0.4 is 5.32 Å². The lowest BCUT2D eigenvalue weighted by Gasteiger charge is -2.15. The quantitative estimate of drug-likeness (QED) is 0.777. The number of hydrogen-bond donors (Lipinski definition) is 1. The van der Waals surface area contributed by atoms with Gasteiger partial charge in [0.2, 0.25) is 5.91 Å². The highest BCUT2D eigenvalue weighted by molar-refractivity contribution is 7.15. The van der Waals surface area contributed by atoms with Gasteiger partial charge in [-0.15, -0.1) is 11.3 Å². The summed E-state index contributed by atoms with van der Waals surface area (Å²) in [5.74, 6) is -0.0702. The predicted molar refractivity (Wildman–Crippen MR) is 59.9 cm³/mol. The third-order valence-electron chi connectivity index (χ3n) is 1.79. The molecule has 1 aromatic rings. The summed E-state index contributed by atoms with van der Waals surface area (Å²) in [4.78, 5) is 16.4. The molecule has 0 bridgehead atoms. The SMILES string of the molecule is CC(=O)Nc1nc(C(C)(C)C)c(C)s1. The average molecular weight is 212 g/mol. The van der Waals surface area contributed by atoms with Crippen molar-refractivity contribution in [3.63, 3.8) is 0 Å². The molecule has 0 saturated carbocycles. The number of rotatable bonds is 1. The summed E-state index contributed by atoms with van der Waals surface area (Å²) in [5.41, 5.74) is 1.10. The minimum atomic E-state index is -0.0702. The van der Waals surface area contributed by atoms with Crippen LogP contribution in [0.2, 0.25) is 0 Å². The molecule has 4 heteroatoms. The molecular weight excluding hydrogens is 196 g/mol. The van der Waals surface area contributed by atoms with E-state index in [0.717, 1.165) is 5.69 Å². The number of nitrogens with one attached hydrogen (secondary N) is 1. The Morgan fingerprint density at radius 3 is 2.36 bits per heavy atom. The van der Waals surface area contributed by atoms with Crippen molar-refractivity contribution in [3.05, 3.63) is 10.6 Å². The first-order valence-corrected chi connectivity index (χ1v) is 5.38. The number of thiazole rings is 1. The van der Waals surface area contributed by atoms with Gasteiger partial charge in [-0.3, -0.25) is 4.79 Å². The molecule has 78 valence electrons. The summed E-state index contributed by atoms with van der Waals surface area (Å²) >= 11 is 1.53. The van der Waals surface area contributed by atoms with Crippen LogP contribution in [0.5, 0.6) is 0 Å². The lowest BCUT2D eigenvalue weighted by atomic mass is 9.92. The van der Waals surface area contributed by atoms with E-state index in [1.54, 1.807) is 0 Å². The highest BCUT2D eigenvalue weighted by Crippen LogP contribution is 2.31. The van der Waals surface area contributed by atoms with Crippen LogP contribution in [-0.2, 0) is 10.2 Å². The van der Waals surface area contributed by atoms with Crippen LogP contribution in [-0.4, -0.2) is 10.9 Å². The summed E-state index contributed by atoms with van der Waals surface area (Å²) < 4.78 is 0. The Morgan fingerprint density at radius 2 is 2.00 bits per heavy atom. The lowest BCUT2D eigenvalue weighted by Crippen LogP contribution is -2.13. The number of carbonyl (C=O) groups excluding carboxylic acids is 1. The molecule has 0 aromatic carbocycles. The highest BCUT2D eigenvalue weighted by Gasteiger charge is 2.21. The lowest BCUT2D eigenvalue weighted by molar-refractivity contribution is -0.114. The fraction of sp³-hybridized carbons (Fsp3) is 0.600. The predicted octanol–water partition coefficient (Wildman–Crippen LogP) is 2.71. The van der Waals surface area contributed by atoms with Crippen LogP contribution in [0.25, 0.3) is 0 Å². The maximum Gasteiger partial charge on any atom is 0.223 e. The van der Waals surface area contributed by atoms with E-state index in [-0.39, 0.29) is 11.3 Å². The molecule has 0 fully saturated rings. The fourth-order valence-corrected chi connectivity index (χ4v) is 2.37. The highest BCUT2D eigenvalue weighted by atomic mass is 32.1. The van der Waals surface area contributed by atoms with Gasteiger partial charge >= 0.3 is 0 Å². The second kappa shape index (κ2) is 3.69. The zero-order chi connectivity index (χ0) is 10.9. The molecule has 1 heterocycles. The van der Waals surface area contributed by atoms with Gasteiger partial charge in [-0.25, -0.2) is 4.98 Å². The summed E-state index contributed by atoms with van der Waals surface area (Å²) in [6.07, 6.45) is 0. The molecule has 0 saturated heterocycles. The molecule has 0 aliphatic heterocycles. The van der Waals surface area contributed by atoms with Crippen molar-refractivity contribution in [3.8, 4) is 0 Å². The van der Waals surface area contributed by atoms with Gasteiger partial charge < -0.3 is 5.32 Å².